The Balaban J connectivity index is 1.68. The third kappa shape index (κ3) is 2.50. The molecule has 1 aliphatic rings. The first-order valence-electron chi connectivity index (χ1n) is 6.77. The Morgan fingerprint density at radius 2 is 1.77 bits per heavy atom. The van der Waals surface area contributed by atoms with Gasteiger partial charge in [-0.1, -0.05) is 12.1 Å². The molecule has 0 atom stereocenters. The Morgan fingerprint density at radius 3 is 2.36 bits per heavy atom. The number of hydrogen-bond donors (Lipinski definition) is 0. The Hall–Kier alpha value is -2.90. The molecule has 0 radical (unpaired) electrons. The minimum Gasteiger partial charge on any atom is -0.298 e. The zero-order chi connectivity index (χ0) is 15.7. The summed E-state index contributed by atoms with van der Waals surface area (Å²) in [6, 6.07) is 6.72. The second-order valence-corrected chi connectivity index (χ2v) is 5.00. The van der Waals surface area contributed by atoms with E-state index in [-0.39, 0.29) is 30.7 Å². The van der Waals surface area contributed by atoms with Crippen molar-refractivity contribution in [2.75, 3.05) is 6.54 Å². The van der Waals surface area contributed by atoms with Crippen molar-refractivity contribution in [3.63, 3.8) is 0 Å². The van der Waals surface area contributed by atoms with E-state index < -0.39 is 0 Å². The third-order valence-corrected chi connectivity index (χ3v) is 3.30. The molecule has 1 aromatic heterocycles. The van der Waals surface area contributed by atoms with Crippen molar-refractivity contribution in [3.8, 4) is 0 Å². The van der Waals surface area contributed by atoms with Crippen molar-refractivity contribution >= 4 is 17.6 Å². The molecule has 0 N–H and O–H groups in total. The molecule has 0 unspecified atom stereocenters. The summed E-state index contributed by atoms with van der Waals surface area (Å²) in [4.78, 5) is 37.7. The number of nitrogens with zero attached hydrogens (tertiary/aromatic N) is 5. The number of fused-ring (bicyclic) bond motifs is 1. The molecule has 0 spiro atoms. The molecule has 1 aliphatic heterocycles. The lowest BCUT2D eigenvalue weighted by Gasteiger charge is -2.11. The molecule has 0 saturated carbocycles. The molecule has 2 heterocycles. The number of hydrogen-bond acceptors (Lipinski definition) is 6. The van der Waals surface area contributed by atoms with E-state index in [2.05, 4.69) is 15.4 Å². The van der Waals surface area contributed by atoms with Crippen LogP contribution in [-0.4, -0.2) is 49.2 Å². The zero-order valence-corrected chi connectivity index (χ0v) is 11.9. The highest BCUT2D eigenvalue weighted by atomic mass is 16.2. The average Bonchev–Trinajstić information content (AvgIpc) is 3.02. The number of benzene rings is 1. The Labute approximate surface area is 125 Å². The zero-order valence-electron chi connectivity index (χ0n) is 11.9. The SMILES string of the molecule is CC(=O)Cn1nnc(CCN2C(=O)c3ccccc3C2=O)n1. The molecule has 2 aromatic rings. The van der Waals surface area contributed by atoms with Crippen molar-refractivity contribution in [2.45, 2.75) is 19.9 Å². The maximum absolute atomic E-state index is 12.2. The van der Waals surface area contributed by atoms with Gasteiger partial charge < -0.3 is 0 Å². The van der Waals surface area contributed by atoms with Gasteiger partial charge in [-0.05, 0) is 24.3 Å². The molecule has 0 saturated heterocycles. The van der Waals surface area contributed by atoms with E-state index in [1.54, 1.807) is 24.3 Å². The van der Waals surface area contributed by atoms with Crippen molar-refractivity contribution in [3.05, 3.63) is 41.2 Å². The molecule has 0 bridgehead atoms. The van der Waals surface area contributed by atoms with Crippen LogP contribution in [0.5, 0.6) is 0 Å². The number of carbonyl (C=O) groups is 3. The second kappa shape index (κ2) is 5.47. The number of amides is 2. The highest BCUT2D eigenvalue weighted by Gasteiger charge is 2.34. The van der Waals surface area contributed by atoms with Crippen LogP contribution in [0.15, 0.2) is 24.3 Å². The van der Waals surface area contributed by atoms with Crippen molar-refractivity contribution < 1.29 is 14.4 Å². The number of imide groups is 1. The van der Waals surface area contributed by atoms with Gasteiger partial charge >= 0.3 is 0 Å². The van der Waals surface area contributed by atoms with E-state index in [0.29, 0.717) is 23.4 Å². The van der Waals surface area contributed by atoms with Crippen LogP contribution >= 0.6 is 0 Å². The first-order chi connectivity index (χ1) is 10.6. The van der Waals surface area contributed by atoms with E-state index in [4.69, 9.17) is 0 Å². The van der Waals surface area contributed by atoms with Crippen LogP contribution in [0, 0.1) is 0 Å². The third-order valence-electron chi connectivity index (χ3n) is 3.30. The first kappa shape index (κ1) is 14.1. The van der Waals surface area contributed by atoms with Crippen LogP contribution in [0.25, 0.3) is 0 Å². The van der Waals surface area contributed by atoms with Gasteiger partial charge in [0.05, 0.1) is 11.1 Å². The maximum atomic E-state index is 12.2. The van der Waals surface area contributed by atoms with Gasteiger partial charge in [-0.15, -0.1) is 10.2 Å². The van der Waals surface area contributed by atoms with Crippen LogP contribution in [0.1, 0.15) is 33.5 Å². The standard InChI is InChI=1S/C14H13N5O3/c1-9(20)8-19-16-12(15-17-19)6-7-18-13(21)10-4-2-3-5-11(10)14(18)22/h2-5H,6-8H2,1H3. The molecule has 112 valence electrons. The van der Waals surface area contributed by atoms with Crippen LogP contribution in [-0.2, 0) is 17.8 Å². The summed E-state index contributed by atoms with van der Waals surface area (Å²) in [6.07, 6.45) is 0.295. The van der Waals surface area contributed by atoms with Crippen LogP contribution in [0.3, 0.4) is 0 Å². The fraction of sp³-hybridized carbons (Fsp3) is 0.286. The molecule has 0 aliphatic carbocycles. The smallest absolute Gasteiger partial charge is 0.261 e. The van der Waals surface area contributed by atoms with Gasteiger partial charge in [0.25, 0.3) is 11.8 Å². The molecule has 0 fully saturated rings. The van der Waals surface area contributed by atoms with Gasteiger partial charge in [0.1, 0.15) is 6.54 Å². The summed E-state index contributed by atoms with van der Waals surface area (Å²) >= 11 is 0. The Kier molecular flexibility index (Phi) is 3.50. The lowest BCUT2D eigenvalue weighted by atomic mass is 10.1. The average molecular weight is 299 g/mol. The van der Waals surface area contributed by atoms with Gasteiger partial charge in [-0.25, -0.2) is 0 Å². The molecular formula is C14H13N5O3. The lowest BCUT2D eigenvalue weighted by Crippen LogP contribution is -2.32. The van der Waals surface area contributed by atoms with E-state index in [0.717, 1.165) is 0 Å². The highest BCUT2D eigenvalue weighted by Crippen LogP contribution is 2.22. The van der Waals surface area contributed by atoms with Gasteiger partial charge in [-0.3, -0.25) is 19.3 Å². The highest BCUT2D eigenvalue weighted by molar-refractivity contribution is 6.21. The van der Waals surface area contributed by atoms with Gasteiger partial charge in [-0.2, -0.15) is 4.80 Å². The summed E-state index contributed by atoms with van der Waals surface area (Å²) in [6.45, 7) is 1.67. The van der Waals surface area contributed by atoms with Gasteiger partial charge in [0.15, 0.2) is 11.6 Å². The molecule has 2 amide bonds. The number of rotatable bonds is 5. The lowest BCUT2D eigenvalue weighted by molar-refractivity contribution is -0.117. The molecule has 8 heteroatoms. The van der Waals surface area contributed by atoms with E-state index in [9.17, 15) is 14.4 Å². The van der Waals surface area contributed by atoms with Crippen LogP contribution < -0.4 is 0 Å². The number of Topliss-reactive ketones (excluding diaryl/α,β-unsaturated/α-hetero) is 1. The fourth-order valence-electron chi connectivity index (χ4n) is 2.30. The predicted octanol–water partition coefficient (Wildman–Crippen LogP) is 0.101. The Morgan fingerprint density at radius 1 is 1.14 bits per heavy atom. The summed E-state index contributed by atoms with van der Waals surface area (Å²) < 4.78 is 0. The predicted molar refractivity (Wildman–Crippen MR) is 74.0 cm³/mol. The number of ketones is 1. The van der Waals surface area contributed by atoms with E-state index in [1.807, 2.05) is 0 Å². The largest absolute Gasteiger partial charge is 0.298 e. The van der Waals surface area contributed by atoms with Crippen molar-refractivity contribution in [2.24, 2.45) is 0 Å². The fourth-order valence-corrected chi connectivity index (χ4v) is 2.30. The maximum Gasteiger partial charge on any atom is 0.261 e. The number of carbonyl (C=O) groups excluding carboxylic acids is 3. The molecule has 3 rings (SSSR count). The number of aromatic nitrogens is 4. The summed E-state index contributed by atoms with van der Waals surface area (Å²) in [5.74, 6) is -0.310. The molecule has 1 aromatic carbocycles. The number of tetrazole rings is 1. The monoisotopic (exact) mass is 299 g/mol. The van der Waals surface area contributed by atoms with E-state index in [1.165, 1.54) is 16.6 Å². The van der Waals surface area contributed by atoms with E-state index >= 15 is 0 Å². The Bertz CT molecular complexity index is 732. The second-order valence-electron chi connectivity index (χ2n) is 5.00. The first-order valence-corrected chi connectivity index (χ1v) is 6.77. The summed E-state index contributed by atoms with van der Waals surface area (Å²) in [5.41, 5.74) is 0.835. The topological polar surface area (TPSA) is 98.0 Å². The summed E-state index contributed by atoms with van der Waals surface area (Å²) in [7, 11) is 0. The molecule has 8 nitrogen and oxygen atoms in total. The minimum atomic E-state index is -0.309. The molecular weight excluding hydrogens is 286 g/mol. The van der Waals surface area contributed by atoms with Crippen LogP contribution in [0.4, 0.5) is 0 Å². The minimum absolute atomic E-state index is 0.0556. The normalized spacial score (nSPS) is 13.6. The van der Waals surface area contributed by atoms with Gasteiger partial charge in [0.2, 0.25) is 0 Å². The van der Waals surface area contributed by atoms with Crippen LogP contribution in [0.2, 0.25) is 0 Å². The van der Waals surface area contributed by atoms with Gasteiger partial charge in [0, 0.05) is 13.0 Å². The van der Waals surface area contributed by atoms with Crippen molar-refractivity contribution in [1.82, 2.24) is 25.1 Å². The van der Waals surface area contributed by atoms with Crippen molar-refractivity contribution in [1.29, 1.82) is 0 Å². The molecule has 22 heavy (non-hydrogen) atoms. The quantitative estimate of drug-likeness (QED) is 0.726. The summed E-state index contributed by atoms with van der Waals surface area (Å²) in [5, 5.41) is 11.6.